The van der Waals surface area contributed by atoms with Crippen molar-refractivity contribution in [3.63, 3.8) is 0 Å². The Morgan fingerprint density at radius 3 is 2.65 bits per heavy atom. The molecule has 6 heteroatoms. The normalized spacial score (nSPS) is 10.9. The van der Waals surface area contributed by atoms with E-state index in [1.165, 1.54) is 0 Å². The van der Waals surface area contributed by atoms with Gasteiger partial charge in [0.1, 0.15) is 5.56 Å². The van der Waals surface area contributed by atoms with Crippen LogP contribution in [0.3, 0.4) is 0 Å². The number of nitrogens with one attached hydrogen (secondary N) is 1. The molecule has 0 spiro atoms. The molecule has 1 heterocycles. The summed E-state index contributed by atoms with van der Waals surface area (Å²) in [5, 5.41) is 17.7. The van der Waals surface area contributed by atoms with Crippen LogP contribution in [0.25, 0.3) is 0 Å². The largest absolute Gasteiger partial charge is 0.493 e. The van der Waals surface area contributed by atoms with Gasteiger partial charge in [-0.2, -0.15) is 5.11 Å². The number of aryl methyl sites for hydroxylation is 1. The van der Waals surface area contributed by atoms with Gasteiger partial charge in [0.25, 0.3) is 0 Å². The quantitative estimate of drug-likeness (QED) is 0.658. The highest BCUT2D eigenvalue weighted by molar-refractivity contribution is 5.97. The topological polar surface area (TPSA) is 87.0 Å². The second kappa shape index (κ2) is 6.01. The second-order valence-corrected chi connectivity index (χ2v) is 4.08. The van der Waals surface area contributed by atoms with E-state index in [-0.39, 0.29) is 23.7 Å². The van der Waals surface area contributed by atoms with Crippen LogP contribution in [0.1, 0.15) is 23.0 Å². The lowest BCUT2D eigenvalue weighted by Crippen LogP contribution is -2.05. The third-order valence-corrected chi connectivity index (χ3v) is 2.64. The Labute approximate surface area is 116 Å². The summed E-state index contributed by atoms with van der Waals surface area (Å²) in [6.07, 6.45) is 0. The van der Waals surface area contributed by atoms with Crippen molar-refractivity contribution < 1.29 is 14.6 Å². The van der Waals surface area contributed by atoms with Crippen LogP contribution in [-0.2, 0) is 4.74 Å². The first-order chi connectivity index (χ1) is 9.63. The van der Waals surface area contributed by atoms with E-state index < -0.39 is 5.97 Å². The lowest BCUT2D eigenvalue weighted by Gasteiger charge is -2.01. The van der Waals surface area contributed by atoms with Gasteiger partial charge in [-0.1, -0.05) is 18.2 Å². The number of aromatic amines is 1. The van der Waals surface area contributed by atoms with E-state index in [0.29, 0.717) is 11.4 Å². The van der Waals surface area contributed by atoms with Gasteiger partial charge in [-0.05, 0) is 26.0 Å². The summed E-state index contributed by atoms with van der Waals surface area (Å²) in [4.78, 5) is 14.5. The number of aromatic nitrogens is 1. The summed E-state index contributed by atoms with van der Waals surface area (Å²) in [7, 11) is 0. The fraction of sp³-hybridized carbons (Fsp3) is 0.214. The van der Waals surface area contributed by atoms with E-state index in [0.717, 1.165) is 0 Å². The van der Waals surface area contributed by atoms with Crippen LogP contribution < -0.4 is 0 Å². The summed E-state index contributed by atoms with van der Waals surface area (Å²) >= 11 is 0. The van der Waals surface area contributed by atoms with Crippen molar-refractivity contribution in [2.45, 2.75) is 13.8 Å². The highest BCUT2D eigenvalue weighted by Gasteiger charge is 2.22. The molecule has 0 unspecified atom stereocenters. The van der Waals surface area contributed by atoms with Crippen LogP contribution in [0.4, 0.5) is 11.4 Å². The van der Waals surface area contributed by atoms with Crippen molar-refractivity contribution in [2.24, 2.45) is 10.2 Å². The molecule has 0 aliphatic heterocycles. The Morgan fingerprint density at radius 2 is 2.00 bits per heavy atom. The lowest BCUT2D eigenvalue weighted by atomic mass is 10.2. The van der Waals surface area contributed by atoms with E-state index in [9.17, 15) is 9.90 Å². The molecule has 0 radical (unpaired) electrons. The number of H-pyrrole nitrogens is 1. The molecule has 0 atom stereocenters. The zero-order valence-corrected chi connectivity index (χ0v) is 11.3. The fourth-order valence-corrected chi connectivity index (χ4v) is 1.75. The number of azo groups is 1. The number of hydrogen-bond acceptors (Lipinski definition) is 5. The van der Waals surface area contributed by atoms with Gasteiger partial charge in [0, 0.05) is 5.69 Å². The number of carbonyl (C=O) groups excluding carboxylic acids is 1. The van der Waals surface area contributed by atoms with E-state index >= 15 is 0 Å². The maximum atomic E-state index is 11.9. The number of hydrogen-bond donors (Lipinski definition) is 2. The molecular formula is C14H15N3O3. The summed E-state index contributed by atoms with van der Waals surface area (Å²) in [5.74, 6) is -0.742. The Morgan fingerprint density at radius 1 is 1.30 bits per heavy atom. The highest BCUT2D eigenvalue weighted by atomic mass is 16.5. The minimum atomic E-state index is -0.538. The van der Waals surface area contributed by atoms with E-state index in [1.54, 1.807) is 26.0 Å². The maximum absolute atomic E-state index is 11.9. The molecule has 2 rings (SSSR count). The highest BCUT2D eigenvalue weighted by Crippen LogP contribution is 2.34. The second-order valence-electron chi connectivity index (χ2n) is 4.08. The summed E-state index contributed by atoms with van der Waals surface area (Å²) < 4.78 is 4.94. The number of nitrogens with zero attached hydrogens (tertiary/aromatic N) is 2. The number of benzene rings is 1. The Kier molecular flexibility index (Phi) is 4.14. The first-order valence-corrected chi connectivity index (χ1v) is 6.19. The molecule has 1 aromatic heterocycles. The standard InChI is InChI=1S/C14H15N3O3/c1-3-20-14(19)11-9(2)15-13(18)12(11)17-16-10-7-5-4-6-8-10/h4-8,15,18H,3H2,1-2H3. The summed E-state index contributed by atoms with van der Waals surface area (Å²) in [5.41, 5.74) is 1.40. The predicted octanol–water partition coefficient (Wildman–Crippen LogP) is 3.62. The molecule has 0 saturated carbocycles. The Hall–Kier alpha value is -2.63. The molecule has 20 heavy (non-hydrogen) atoms. The number of aromatic hydroxyl groups is 1. The van der Waals surface area contributed by atoms with Crippen molar-refractivity contribution in [1.29, 1.82) is 0 Å². The van der Waals surface area contributed by atoms with Crippen LogP contribution in [0.2, 0.25) is 0 Å². The molecule has 104 valence electrons. The number of esters is 1. The molecule has 0 saturated heterocycles. The van der Waals surface area contributed by atoms with Crippen LogP contribution in [0, 0.1) is 6.92 Å². The SMILES string of the molecule is CCOC(=O)c1c(C)[nH]c(O)c1N=Nc1ccccc1. The van der Waals surface area contributed by atoms with Crippen LogP contribution >= 0.6 is 0 Å². The van der Waals surface area contributed by atoms with Gasteiger partial charge in [-0.15, -0.1) is 5.11 Å². The molecule has 6 nitrogen and oxygen atoms in total. The van der Waals surface area contributed by atoms with Gasteiger partial charge in [0.2, 0.25) is 5.88 Å². The fourth-order valence-electron chi connectivity index (χ4n) is 1.75. The van der Waals surface area contributed by atoms with Crippen LogP contribution in [0.15, 0.2) is 40.6 Å². The average molecular weight is 273 g/mol. The van der Waals surface area contributed by atoms with Gasteiger partial charge in [-0.25, -0.2) is 4.79 Å². The molecule has 1 aromatic carbocycles. The maximum Gasteiger partial charge on any atom is 0.342 e. The monoisotopic (exact) mass is 273 g/mol. The van der Waals surface area contributed by atoms with E-state index in [1.807, 2.05) is 18.2 Å². The smallest absolute Gasteiger partial charge is 0.342 e. The predicted molar refractivity (Wildman–Crippen MR) is 73.8 cm³/mol. The van der Waals surface area contributed by atoms with Gasteiger partial charge in [-0.3, -0.25) is 0 Å². The first kappa shape index (κ1) is 13.8. The lowest BCUT2D eigenvalue weighted by molar-refractivity contribution is 0.0526. The molecule has 2 aromatic rings. The zero-order valence-electron chi connectivity index (χ0n) is 11.3. The molecular weight excluding hydrogens is 258 g/mol. The van der Waals surface area contributed by atoms with Crippen molar-refractivity contribution in [1.82, 2.24) is 4.98 Å². The summed E-state index contributed by atoms with van der Waals surface area (Å²) in [6, 6.07) is 9.04. The van der Waals surface area contributed by atoms with E-state index in [2.05, 4.69) is 15.2 Å². The third-order valence-electron chi connectivity index (χ3n) is 2.64. The van der Waals surface area contributed by atoms with Gasteiger partial charge < -0.3 is 14.8 Å². The number of rotatable bonds is 4. The summed E-state index contributed by atoms with van der Waals surface area (Å²) in [6.45, 7) is 3.62. The molecule has 2 N–H and O–H groups in total. The van der Waals surface area contributed by atoms with Gasteiger partial charge >= 0.3 is 5.97 Å². The third kappa shape index (κ3) is 2.85. The molecule has 0 aliphatic rings. The molecule has 0 fully saturated rings. The zero-order chi connectivity index (χ0) is 14.5. The minimum absolute atomic E-state index is 0.0878. The average Bonchev–Trinajstić information content (AvgIpc) is 2.72. The van der Waals surface area contributed by atoms with Crippen molar-refractivity contribution >= 4 is 17.3 Å². The minimum Gasteiger partial charge on any atom is -0.493 e. The van der Waals surface area contributed by atoms with Crippen molar-refractivity contribution in [3.05, 3.63) is 41.6 Å². The molecule has 0 amide bonds. The van der Waals surface area contributed by atoms with Crippen LogP contribution in [-0.4, -0.2) is 22.7 Å². The first-order valence-electron chi connectivity index (χ1n) is 6.19. The van der Waals surface area contributed by atoms with Crippen LogP contribution in [0.5, 0.6) is 5.88 Å². The number of carbonyl (C=O) groups is 1. The Balaban J connectivity index is 2.36. The van der Waals surface area contributed by atoms with Crippen molar-refractivity contribution in [2.75, 3.05) is 6.61 Å². The van der Waals surface area contributed by atoms with Gasteiger partial charge in [0.15, 0.2) is 5.69 Å². The molecule has 0 aliphatic carbocycles. The number of ether oxygens (including phenoxy) is 1. The van der Waals surface area contributed by atoms with Gasteiger partial charge in [0.05, 0.1) is 12.3 Å². The van der Waals surface area contributed by atoms with Crippen molar-refractivity contribution in [3.8, 4) is 5.88 Å². The molecule has 0 bridgehead atoms. The Bertz CT molecular complexity index is 633. The van der Waals surface area contributed by atoms with E-state index in [4.69, 9.17) is 4.74 Å².